The summed E-state index contributed by atoms with van der Waals surface area (Å²) in [5, 5.41) is 16.8. The van der Waals surface area contributed by atoms with Gasteiger partial charge >= 0.3 is 12.1 Å². The van der Waals surface area contributed by atoms with Gasteiger partial charge in [0.15, 0.2) is 0 Å². The number of rotatable bonds is 12. The lowest BCUT2D eigenvalue weighted by Crippen LogP contribution is -2.52. The monoisotopic (exact) mass is 623 g/mol. The molecule has 0 bridgehead atoms. The largest absolute Gasteiger partial charge is 0.489 e. The Labute approximate surface area is 265 Å². The third-order valence-corrected chi connectivity index (χ3v) is 7.78. The molecule has 0 radical (unpaired) electrons. The number of nitro groups is 1. The van der Waals surface area contributed by atoms with Crippen molar-refractivity contribution in [2.24, 2.45) is 0 Å². The van der Waals surface area contributed by atoms with Crippen LogP contribution in [-0.2, 0) is 32.1 Å². The second kappa shape index (κ2) is 14.4. The second-order valence-electron chi connectivity index (χ2n) is 10.8. The first kappa shape index (κ1) is 31.7. The van der Waals surface area contributed by atoms with E-state index in [-0.39, 0.29) is 31.2 Å². The maximum absolute atomic E-state index is 13.4. The van der Waals surface area contributed by atoms with Crippen molar-refractivity contribution in [3.05, 3.63) is 129 Å². The van der Waals surface area contributed by atoms with Crippen molar-refractivity contribution in [1.29, 1.82) is 0 Å². The Morgan fingerprint density at radius 2 is 1.50 bits per heavy atom. The Kier molecular flexibility index (Phi) is 9.91. The molecule has 0 fully saturated rings. The van der Waals surface area contributed by atoms with Crippen molar-refractivity contribution in [1.82, 2.24) is 10.6 Å². The molecule has 1 aliphatic carbocycles. The smallest absolute Gasteiger partial charge is 0.407 e. The molecular weight excluding hydrogens is 590 g/mol. The van der Waals surface area contributed by atoms with Crippen LogP contribution in [0.5, 0.6) is 5.75 Å². The lowest BCUT2D eigenvalue weighted by molar-refractivity contribution is -0.384. The molecule has 46 heavy (non-hydrogen) atoms. The summed E-state index contributed by atoms with van der Waals surface area (Å²) in [6.45, 7) is 1.62. The number of nitrogens with one attached hydrogen (secondary N) is 2. The third kappa shape index (κ3) is 7.32. The first-order valence-electron chi connectivity index (χ1n) is 14.7. The molecule has 0 unspecified atom stereocenters. The summed E-state index contributed by atoms with van der Waals surface area (Å²) in [7, 11) is 1.19. The number of alkyl carbamates (subject to hydrolysis) is 1. The van der Waals surface area contributed by atoms with Crippen LogP contribution in [-0.4, -0.2) is 48.7 Å². The molecule has 0 aromatic heterocycles. The number of nitrogens with zero attached hydrogens (tertiary/aromatic N) is 1. The van der Waals surface area contributed by atoms with E-state index in [1.807, 2.05) is 78.9 Å². The van der Waals surface area contributed by atoms with Gasteiger partial charge in [-0.25, -0.2) is 9.59 Å². The van der Waals surface area contributed by atoms with Crippen molar-refractivity contribution < 1.29 is 33.5 Å². The molecule has 1 aliphatic rings. The van der Waals surface area contributed by atoms with Gasteiger partial charge in [0, 0.05) is 30.0 Å². The zero-order valence-corrected chi connectivity index (χ0v) is 25.3. The van der Waals surface area contributed by atoms with E-state index in [4.69, 9.17) is 14.2 Å². The van der Waals surface area contributed by atoms with Gasteiger partial charge in [0.1, 0.15) is 31.0 Å². The molecule has 0 saturated carbocycles. The third-order valence-electron chi connectivity index (χ3n) is 7.78. The molecule has 2 amide bonds. The van der Waals surface area contributed by atoms with E-state index in [0.29, 0.717) is 11.3 Å². The van der Waals surface area contributed by atoms with E-state index >= 15 is 0 Å². The highest BCUT2D eigenvalue weighted by Gasteiger charge is 2.31. The van der Waals surface area contributed by atoms with Crippen molar-refractivity contribution in [2.45, 2.75) is 38.0 Å². The summed E-state index contributed by atoms with van der Waals surface area (Å²) in [5.74, 6) is -1.32. The van der Waals surface area contributed by atoms with Crippen LogP contribution >= 0.6 is 0 Å². The van der Waals surface area contributed by atoms with Gasteiger partial charge in [-0.05, 0) is 40.8 Å². The van der Waals surface area contributed by atoms with Crippen LogP contribution in [0.4, 0.5) is 10.5 Å². The summed E-state index contributed by atoms with van der Waals surface area (Å²) in [6.07, 6.45) is -1.07. The van der Waals surface area contributed by atoms with Crippen LogP contribution in [0.1, 0.15) is 35.1 Å². The van der Waals surface area contributed by atoms with Crippen LogP contribution in [0.2, 0.25) is 0 Å². The number of carbonyl (C=O) groups excluding carboxylic acids is 3. The summed E-state index contributed by atoms with van der Waals surface area (Å²) < 4.78 is 16.4. The highest BCUT2D eigenvalue weighted by atomic mass is 16.6. The summed E-state index contributed by atoms with van der Waals surface area (Å²) in [4.78, 5) is 49.8. The standard InChI is InChI=1S/C35H33N3O8/c1-22(34(40)44-2)36-33(39)31(19-24-18-25(38(42)43)16-17-32(24)45-20-23-10-4-3-5-11-23)37-35(41)46-21-30-28-14-8-6-12-26(28)27-13-7-9-15-29(27)30/h3-18,22,30-31H,19-21H2,1-2H3,(H,36,39)(H,37,41)/t22-,31-/m0/s1. The van der Waals surface area contributed by atoms with Crippen molar-refractivity contribution in [2.75, 3.05) is 13.7 Å². The maximum Gasteiger partial charge on any atom is 0.407 e. The van der Waals surface area contributed by atoms with Crippen LogP contribution in [0.3, 0.4) is 0 Å². The van der Waals surface area contributed by atoms with Gasteiger partial charge in [-0.1, -0.05) is 78.9 Å². The normalized spacial score (nSPS) is 13.0. The van der Waals surface area contributed by atoms with Gasteiger partial charge in [0.2, 0.25) is 5.91 Å². The average molecular weight is 624 g/mol. The van der Waals surface area contributed by atoms with E-state index < -0.39 is 35.0 Å². The fraction of sp³-hybridized carbons (Fsp3) is 0.229. The van der Waals surface area contributed by atoms with Gasteiger partial charge in [-0.15, -0.1) is 0 Å². The quantitative estimate of drug-likeness (QED) is 0.123. The fourth-order valence-electron chi connectivity index (χ4n) is 5.48. The maximum atomic E-state index is 13.4. The number of hydrogen-bond acceptors (Lipinski definition) is 8. The highest BCUT2D eigenvalue weighted by molar-refractivity contribution is 5.90. The summed E-state index contributed by atoms with van der Waals surface area (Å²) >= 11 is 0. The van der Waals surface area contributed by atoms with Gasteiger partial charge in [-0.2, -0.15) is 0 Å². The number of carbonyl (C=O) groups is 3. The zero-order chi connectivity index (χ0) is 32.6. The lowest BCUT2D eigenvalue weighted by atomic mass is 9.98. The summed E-state index contributed by atoms with van der Waals surface area (Å²) in [6, 6.07) is 26.9. The molecule has 236 valence electrons. The molecule has 0 aliphatic heterocycles. The second-order valence-corrected chi connectivity index (χ2v) is 10.8. The Hall–Kier alpha value is -5.71. The molecule has 0 saturated heterocycles. The molecule has 4 aromatic carbocycles. The van der Waals surface area contributed by atoms with Crippen molar-refractivity contribution in [3.8, 4) is 16.9 Å². The van der Waals surface area contributed by atoms with Gasteiger partial charge in [0.25, 0.3) is 5.69 Å². The molecule has 2 atom stereocenters. The van der Waals surface area contributed by atoms with E-state index in [9.17, 15) is 24.5 Å². The Balaban J connectivity index is 1.36. The minimum absolute atomic E-state index is 0.00894. The first-order valence-corrected chi connectivity index (χ1v) is 14.7. The number of benzene rings is 4. The van der Waals surface area contributed by atoms with Crippen molar-refractivity contribution >= 4 is 23.7 Å². The number of nitro benzene ring substituents is 1. The van der Waals surface area contributed by atoms with Crippen LogP contribution in [0.25, 0.3) is 11.1 Å². The zero-order valence-electron chi connectivity index (χ0n) is 25.3. The minimum atomic E-state index is -1.29. The summed E-state index contributed by atoms with van der Waals surface area (Å²) in [5.41, 5.74) is 5.12. The molecule has 0 spiro atoms. The Bertz CT molecular complexity index is 1700. The van der Waals surface area contributed by atoms with Crippen LogP contribution < -0.4 is 15.4 Å². The lowest BCUT2D eigenvalue weighted by Gasteiger charge is -2.22. The molecule has 11 nitrogen and oxygen atoms in total. The van der Waals surface area contributed by atoms with Gasteiger partial charge in [0.05, 0.1) is 12.0 Å². The number of ether oxygens (including phenoxy) is 3. The topological polar surface area (TPSA) is 146 Å². The van der Waals surface area contributed by atoms with Crippen molar-refractivity contribution in [3.63, 3.8) is 0 Å². The number of hydrogen-bond donors (Lipinski definition) is 2. The van der Waals surface area contributed by atoms with Crippen LogP contribution in [0, 0.1) is 10.1 Å². The van der Waals surface area contributed by atoms with E-state index in [1.165, 1.54) is 32.2 Å². The molecule has 5 rings (SSSR count). The fourth-order valence-corrected chi connectivity index (χ4v) is 5.48. The number of methoxy groups -OCH3 is 1. The van der Waals surface area contributed by atoms with Gasteiger partial charge < -0.3 is 24.8 Å². The van der Waals surface area contributed by atoms with Crippen LogP contribution in [0.15, 0.2) is 97.1 Å². The van der Waals surface area contributed by atoms with E-state index in [0.717, 1.165) is 27.8 Å². The first-order chi connectivity index (χ1) is 22.2. The predicted octanol–water partition coefficient (Wildman–Crippen LogP) is 5.30. The molecule has 0 heterocycles. The average Bonchev–Trinajstić information content (AvgIpc) is 3.39. The number of non-ortho nitro benzene ring substituents is 1. The number of esters is 1. The molecular formula is C35H33N3O8. The molecule has 4 aromatic rings. The Morgan fingerprint density at radius 3 is 2.13 bits per heavy atom. The number of fused-ring (bicyclic) bond motifs is 3. The SMILES string of the molecule is COC(=O)[C@H](C)NC(=O)[C@H](Cc1cc([N+](=O)[O-])ccc1OCc1ccccc1)NC(=O)OCC1c2ccccc2-c2ccccc21. The predicted molar refractivity (Wildman–Crippen MR) is 169 cm³/mol. The van der Waals surface area contributed by atoms with E-state index in [2.05, 4.69) is 10.6 Å². The van der Waals surface area contributed by atoms with E-state index in [1.54, 1.807) is 0 Å². The minimum Gasteiger partial charge on any atom is -0.489 e. The molecule has 2 N–H and O–H groups in total. The molecule has 11 heteroatoms. The Morgan fingerprint density at radius 1 is 0.870 bits per heavy atom. The van der Waals surface area contributed by atoms with Gasteiger partial charge in [-0.3, -0.25) is 14.9 Å². The highest BCUT2D eigenvalue weighted by Crippen LogP contribution is 2.44. The number of amides is 2.